The summed E-state index contributed by atoms with van der Waals surface area (Å²) >= 11 is 0. The number of rotatable bonds is 6. The largest absolute Gasteiger partial charge is 0.492 e. The summed E-state index contributed by atoms with van der Waals surface area (Å²) in [5, 5.41) is 3.18. The second-order valence-corrected chi connectivity index (χ2v) is 4.00. The van der Waals surface area contributed by atoms with Crippen molar-refractivity contribution in [3.05, 3.63) is 29.6 Å². The van der Waals surface area contributed by atoms with Crippen LogP contribution in [0.1, 0.15) is 25.3 Å². The molecule has 0 radical (unpaired) electrons. The van der Waals surface area contributed by atoms with Gasteiger partial charge < -0.3 is 10.1 Å². The van der Waals surface area contributed by atoms with Crippen LogP contribution in [0.15, 0.2) is 18.2 Å². The zero-order valence-corrected chi connectivity index (χ0v) is 10.2. The lowest BCUT2D eigenvalue weighted by Crippen LogP contribution is -2.31. The van der Waals surface area contributed by atoms with Gasteiger partial charge in [0, 0.05) is 12.1 Å². The molecule has 2 nitrogen and oxygen atoms in total. The third-order valence-electron chi connectivity index (χ3n) is 2.64. The summed E-state index contributed by atoms with van der Waals surface area (Å²) in [7, 11) is 1.92. The number of aryl methyl sites for hydroxylation is 1. The van der Waals surface area contributed by atoms with Crippen LogP contribution in [0, 0.1) is 12.7 Å². The van der Waals surface area contributed by atoms with Crippen molar-refractivity contribution in [2.75, 3.05) is 13.7 Å². The maximum Gasteiger partial charge on any atom is 0.129 e. The molecule has 0 saturated heterocycles. The molecule has 1 N–H and O–H groups in total. The van der Waals surface area contributed by atoms with E-state index in [1.54, 1.807) is 19.1 Å². The molecule has 1 unspecified atom stereocenters. The van der Waals surface area contributed by atoms with E-state index in [2.05, 4.69) is 12.2 Å². The van der Waals surface area contributed by atoms with E-state index in [1.165, 1.54) is 6.07 Å². The highest BCUT2D eigenvalue weighted by Gasteiger charge is 2.06. The van der Waals surface area contributed by atoms with E-state index in [-0.39, 0.29) is 5.82 Å². The molecule has 0 aliphatic rings. The highest BCUT2D eigenvalue weighted by atomic mass is 19.1. The Morgan fingerprint density at radius 1 is 1.44 bits per heavy atom. The average Bonchev–Trinajstić information content (AvgIpc) is 2.28. The SMILES string of the molecule is CCCC(COc1ccc(C)c(F)c1)NC. The summed E-state index contributed by atoms with van der Waals surface area (Å²) in [5.41, 5.74) is 0.645. The Kier molecular flexibility index (Phi) is 5.26. The van der Waals surface area contributed by atoms with Crippen molar-refractivity contribution in [2.24, 2.45) is 0 Å². The fourth-order valence-corrected chi connectivity index (χ4v) is 1.52. The molecule has 0 aliphatic heterocycles. The van der Waals surface area contributed by atoms with Gasteiger partial charge in [0.1, 0.15) is 18.2 Å². The Morgan fingerprint density at radius 2 is 2.19 bits per heavy atom. The molecule has 3 heteroatoms. The number of ether oxygens (including phenoxy) is 1. The lowest BCUT2D eigenvalue weighted by molar-refractivity contribution is 0.261. The Labute approximate surface area is 96.8 Å². The van der Waals surface area contributed by atoms with Gasteiger partial charge in [-0.05, 0) is 32.0 Å². The average molecular weight is 225 g/mol. The fourth-order valence-electron chi connectivity index (χ4n) is 1.52. The molecule has 90 valence electrons. The van der Waals surface area contributed by atoms with Crippen LogP contribution in [0.5, 0.6) is 5.75 Å². The summed E-state index contributed by atoms with van der Waals surface area (Å²) in [5.74, 6) is 0.383. The molecule has 16 heavy (non-hydrogen) atoms. The molecule has 0 heterocycles. The molecule has 1 atom stereocenters. The van der Waals surface area contributed by atoms with Gasteiger partial charge in [-0.2, -0.15) is 0 Å². The third-order valence-corrected chi connectivity index (χ3v) is 2.64. The van der Waals surface area contributed by atoms with Gasteiger partial charge in [0.05, 0.1) is 0 Å². The molecule has 0 amide bonds. The Balaban J connectivity index is 2.50. The van der Waals surface area contributed by atoms with Crippen LogP contribution in [0.2, 0.25) is 0 Å². The second kappa shape index (κ2) is 6.48. The van der Waals surface area contributed by atoms with Crippen molar-refractivity contribution in [1.82, 2.24) is 5.32 Å². The number of hydrogen-bond acceptors (Lipinski definition) is 2. The van der Waals surface area contributed by atoms with Gasteiger partial charge in [-0.25, -0.2) is 4.39 Å². The highest BCUT2D eigenvalue weighted by molar-refractivity contribution is 5.27. The topological polar surface area (TPSA) is 21.3 Å². The van der Waals surface area contributed by atoms with E-state index in [1.807, 2.05) is 7.05 Å². The number of halogens is 1. The van der Waals surface area contributed by atoms with Gasteiger partial charge in [0.15, 0.2) is 0 Å². The molecule has 0 spiro atoms. The van der Waals surface area contributed by atoms with Crippen LogP contribution in [0.4, 0.5) is 4.39 Å². The Morgan fingerprint density at radius 3 is 2.75 bits per heavy atom. The number of benzene rings is 1. The van der Waals surface area contributed by atoms with Crippen LogP contribution < -0.4 is 10.1 Å². The van der Waals surface area contributed by atoms with Crippen molar-refractivity contribution in [3.8, 4) is 5.75 Å². The zero-order valence-electron chi connectivity index (χ0n) is 10.2. The lowest BCUT2D eigenvalue weighted by Gasteiger charge is -2.16. The molecule has 1 aromatic carbocycles. The molecule has 0 fully saturated rings. The van der Waals surface area contributed by atoms with E-state index in [0.717, 1.165) is 12.8 Å². The molecule has 0 saturated carbocycles. The third kappa shape index (κ3) is 3.81. The van der Waals surface area contributed by atoms with Gasteiger partial charge >= 0.3 is 0 Å². The van der Waals surface area contributed by atoms with Crippen LogP contribution >= 0.6 is 0 Å². The zero-order chi connectivity index (χ0) is 12.0. The van der Waals surface area contributed by atoms with Crippen molar-refractivity contribution < 1.29 is 9.13 Å². The van der Waals surface area contributed by atoms with Crippen LogP contribution in [-0.4, -0.2) is 19.7 Å². The smallest absolute Gasteiger partial charge is 0.129 e. The van der Waals surface area contributed by atoms with Crippen molar-refractivity contribution in [1.29, 1.82) is 0 Å². The van der Waals surface area contributed by atoms with Gasteiger partial charge in [-0.15, -0.1) is 0 Å². The first-order chi connectivity index (χ1) is 7.67. The van der Waals surface area contributed by atoms with E-state index in [4.69, 9.17) is 4.74 Å². The maximum absolute atomic E-state index is 13.2. The fraction of sp³-hybridized carbons (Fsp3) is 0.538. The summed E-state index contributed by atoms with van der Waals surface area (Å²) in [6, 6.07) is 5.30. The number of likely N-dealkylation sites (N-methyl/N-ethyl adjacent to an activating group) is 1. The van der Waals surface area contributed by atoms with Gasteiger partial charge in [0.25, 0.3) is 0 Å². The summed E-state index contributed by atoms with van der Waals surface area (Å²) in [4.78, 5) is 0. The molecular weight excluding hydrogens is 205 g/mol. The van der Waals surface area contributed by atoms with Gasteiger partial charge in [-0.3, -0.25) is 0 Å². The molecular formula is C13H20FNO. The van der Waals surface area contributed by atoms with E-state index >= 15 is 0 Å². The van der Waals surface area contributed by atoms with E-state index < -0.39 is 0 Å². The Bertz CT molecular complexity index is 328. The molecule has 0 aliphatic carbocycles. The van der Waals surface area contributed by atoms with Crippen molar-refractivity contribution in [3.63, 3.8) is 0 Å². The first kappa shape index (κ1) is 13.0. The summed E-state index contributed by atoms with van der Waals surface area (Å²) in [6.07, 6.45) is 2.17. The van der Waals surface area contributed by atoms with Gasteiger partial charge in [-0.1, -0.05) is 19.4 Å². The summed E-state index contributed by atoms with van der Waals surface area (Å²) < 4.78 is 18.8. The Hall–Kier alpha value is -1.09. The molecule has 1 rings (SSSR count). The lowest BCUT2D eigenvalue weighted by atomic mass is 10.2. The minimum absolute atomic E-state index is 0.214. The van der Waals surface area contributed by atoms with Crippen LogP contribution in [-0.2, 0) is 0 Å². The number of nitrogens with one attached hydrogen (secondary N) is 1. The van der Waals surface area contributed by atoms with Crippen molar-refractivity contribution >= 4 is 0 Å². The van der Waals surface area contributed by atoms with E-state index in [0.29, 0.717) is 24.0 Å². The predicted molar refractivity (Wildman–Crippen MR) is 64.4 cm³/mol. The predicted octanol–water partition coefficient (Wildman–Crippen LogP) is 2.90. The monoisotopic (exact) mass is 225 g/mol. The first-order valence-corrected chi connectivity index (χ1v) is 5.73. The highest BCUT2D eigenvalue weighted by Crippen LogP contribution is 2.16. The molecule has 0 bridgehead atoms. The molecule has 1 aromatic rings. The number of hydrogen-bond donors (Lipinski definition) is 1. The minimum atomic E-state index is -0.214. The summed E-state index contributed by atoms with van der Waals surface area (Å²) in [6.45, 7) is 4.45. The van der Waals surface area contributed by atoms with Crippen LogP contribution in [0.25, 0.3) is 0 Å². The van der Waals surface area contributed by atoms with E-state index in [9.17, 15) is 4.39 Å². The maximum atomic E-state index is 13.2. The van der Waals surface area contributed by atoms with Crippen LogP contribution in [0.3, 0.4) is 0 Å². The molecule has 0 aromatic heterocycles. The standard InChI is InChI=1S/C13H20FNO/c1-4-5-11(15-3)9-16-12-7-6-10(2)13(14)8-12/h6-8,11,15H,4-5,9H2,1-3H3. The second-order valence-electron chi connectivity index (χ2n) is 4.00. The normalized spacial score (nSPS) is 12.5. The first-order valence-electron chi connectivity index (χ1n) is 5.73. The quantitative estimate of drug-likeness (QED) is 0.803. The minimum Gasteiger partial charge on any atom is -0.492 e. The van der Waals surface area contributed by atoms with Crippen molar-refractivity contribution in [2.45, 2.75) is 32.7 Å². The van der Waals surface area contributed by atoms with Gasteiger partial charge in [0.2, 0.25) is 0 Å².